The number of ether oxygens (including phenoxy) is 1. The first-order chi connectivity index (χ1) is 13.5. The first kappa shape index (κ1) is 18.4. The Morgan fingerprint density at radius 3 is 2.89 bits per heavy atom. The van der Waals surface area contributed by atoms with Crippen LogP contribution in [-0.2, 0) is 16.6 Å². The molecule has 5 heteroatoms. The van der Waals surface area contributed by atoms with Crippen molar-refractivity contribution >= 4 is 5.91 Å². The lowest BCUT2D eigenvalue weighted by molar-refractivity contribution is -0.155. The molecule has 0 aromatic heterocycles. The summed E-state index contributed by atoms with van der Waals surface area (Å²) in [6, 6.07) is 6.39. The van der Waals surface area contributed by atoms with E-state index in [9.17, 15) is 9.90 Å². The molecule has 2 aliphatic heterocycles. The van der Waals surface area contributed by atoms with Gasteiger partial charge in [-0.1, -0.05) is 13.0 Å². The monoisotopic (exact) mass is 384 g/mol. The minimum Gasteiger partial charge on any atom is -0.497 e. The summed E-state index contributed by atoms with van der Waals surface area (Å²) in [7, 11) is 1.68. The molecule has 0 spiro atoms. The van der Waals surface area contributed by atoms with Crippen LogP contribution in [0.25, 0.3) is 0 Å². The van der Waals surface area contributed by atoms with Crippen molar-refractivity contribution in [3.05, 3.63) is 29.3 Å². The van der Waals surface area contributed by atoms with Crippen molar-refractivity contribution in [1.82, 2.24) is 10.2 Å². The fraction of sp³-hybridized carbons (Fsp3) is 0.696. The minimum atomic E-state index is -0.890. The third-order valence-corrected chi connectivity index (χ3v) is 7.96. The molecule has 152 valence electrons. The molecule has 2 saturated heterocycles. The standard InChI is InChI=1S/C23H32N2O3/c1-3-17-12-23(27)20-10-16-6-7-18(28-2)11-19(16)22(23,13-21(26)24-17)8-9-25(20)14-15-4-5-15/h6-7,11,15,17,20,27H,3-5,8-10,12-14H2,1-2H3,(H,24,26)/t17?,20-,22-,23-/m1/s1. The fourth-order valence-electron chi connectivity index (χ4n) is 6.25. The van der Waals surface area contributed by atoms with Crippen LogP contribution in [0.1, 0.15) is 56.6 Å². The van der Waals surface area contributed by atoms with Crippen LogP contribution in [0.5, 0.6) is 5.75 Å². The second-order valence-corrected chi connectivity index (χ2v) is 9.49. The molecule has 2 heterocycles. The zero-order chi connectivity index (χ0) is 19.5. The molecule has 2 bridgehead atoms. The van der Waals surface area contributed by atoms with E-state index in [4.69, 9.17) is 4.74 Å². The fourth-order valence-corrected chi connectivity index (χ4v) is 6.25. The Balaban J connectivity index is 1.66. The van der Waals surface area contributed by atoms with E-state index in [0.29, 0.717) is 12.8 Å². The van der Waals surface area contributed by atoms with Gasteiger partial charge in [0.15, 0.2) is 0 Å². The smallest absolute Gasteiger partial charge is 0.221 e. The molecule has 3 fully saturated rings. The molecular formula is C23H32N2O3. The molecule has 28 heavy (non-hydrogen) atoms. The molecule has 1 unspecified atom stereocenters. The van der Waals surface area contributed by atoms with Crippen molar-refractivity contribution in [1.29, 1.82) is 0 Å². The predicted octanol–water partition coefficient (Wildman–Crippen LogP) is 2.39. The number of carbonyl (C=O) groups excluding carboxylic acids is 1. The van der Waals surface area contributed by atoms with Crippen LogP contribution in [0.2, 0.25) is 0 Å². The molecule has 4 aliphatic rings. The van der Waals surface area contributed by atoms with Crippen LogP contribution in [0.4, 0.5) is 0 Å². The van der Waals surface area contributed by atoms with Crippen LogP contribution in [0, 0.1) is 5.92 Å². The Kier molecular flexibility index (Phi) is 4.25. The maximum absolute atomic E-state index is 12.9. The lowest BCUT2D eigenvalue weighted by Gasteiger charge is -2.61. The zero-order valence-electron chi connectivity index (χ0n) is 17.0. The topological polar surface area (TPSA) is 61.8 Å². The van der Waals surface area contributed by atoms with Gasteiger partial charge in [0.25, 0.3) is 0 Å². The van der Waals surface area contributed by atoms with Crippen LogP contribution < -0.4 is 10.1 Å². The van der Waals surface area contributed by atoms with Crippen LogP contribution in [0.15, 0.2) is 18.2 Å². The number of piperidine rings is 1. The highest BCUT2D eigenvalue weighted by Gasteiger charge is 2.64. The molecule has 0 radical (unpaired) electrons. The Bertz CT molecular complexity index is 792. The highest BCUT2D eigenvalue weighted by Crippen LogP contribution is 2.57. The van der Waals surface area contributed by atoms with Gasteiger partial charge in [-0.3, -0.25) is 9.69 Å². The molecule has 1 aromatic rings. The van der Waals surface area contributed by atoms with Crippen molar-refractivity contribution < 1.29 is 14.6 Å². The molecule has 1 amide bonds. The normalized spacial score (nSPS) is 37.5. The number of benzene rings is 1. The third kappa shape index (κ3) is 2.62. The quantitative estimate of drug-likeness (QED) is 0.837. The van der Waals surface area contributed by atoms with E-state index in [2.05, 4.69) is 29.3 Å². The summed E-state index contributed by atoms with van der Waals surface area (Å²) in [5.74, 6) is 1.68. The molecule has 4 atom stereocenters. The van der Waals surface area contributed by atoms with Gasteiger partial charge in [0.2, 0.25) is 5.91 Å². The van der Waals surface area contributed by atoms with Gasteiger partial charge in [-0.25, -0.2) is 0 Å². The Labute approximate surface area is 167 Å². The minimum absolute atomic E-state index is 0.0370. The van der Waals surface area contributed by atoms with Gasteiger partial charge in [0.1, 0.15) is 5.75 Å². The summed E-state index contributed by atoms with van der Waals surface area (Å²) in [6.45, 7) is 4.15. The van der Waals surface area contributed by atoms with Gasteiger partial charge in [-0.2, -0.15) is 0 Å². The highest BCUT2D eigenvalue weighted by atomic mass is 16.5. The average Bonchev–Trinajstić information content (AvgIpc) is 3.50. The van der Waals surface area contributed by atoms with Crippen molar-refractivity contribution in [2.75, 3.05) is 20.2 Å². The number of methoxy groups -OCH3 is 1. The summed E-state index contributed by atoms with van der Waals surface area (Å²) in [5, 5.41) is 15.6. The van der Waals surface area contributed by atoms with Gasteiger partial charge < -0.3 is 15.2 Å². The molecular weight excluding hydrogens is 352 g/mol. The predicted molar refractivity (Wildman–Crippen MR) is 107 cm³/mol. The van der Waals surface area contributed by atoms with E-state index in [0.717, 1.165) is 49.6 Å². The average molecular weight is 385 g/mol. The lowest BCUT2D eigenvalue weighted by Crippen LogP contribution is -2.72. The molecule has 5 nitrogen and oxygen atoms in total. The molecule has 1 aromatic carbocycles. The zero-order valence-corrected chi connectivity index (χ0v) is 17.0. The van der Waals surface area contributed by atoms with E-state index in [1.165, 1.54) is 18.4 Å². The van der Waals surface area contributed by atoms with Crippen LogP contribution in [0.3, 0.4) is 0 Å². The van der Waals surface area contributed by atoms with Crippen LogP contribution >= 0.6 is 0 Å². The second-order valence-electron chi connectivity index (χ2n) is 9.49. The lowest BCUT2D eigenvalue weighted by atomic mass is 9.52. The van der Waals surface area contributed by atoms with Gasteiger partial charge in [-0.15, -0.1) is 0 Å². The summed E-state index contributed by atoms with van der Waals surface area (Å²) in [5.41, 5.74) is 1.01. The maximum atomic E-state index is 12.9. The number of nitrogens with one attached hydrogen (secondary N) is 1. The van der Waals surface area contributed by atoms with E-state index in [-0.39, 0.29) is 18.0 Å². The molecule has 1 saturated carbocycles. The van der Waals surface area contributed by atoms with Crippen molar-refractivity contribution in [3.8, 4) is 5.75 Å². The number of amides is 1. The van der Waals surface area contributed by atoms with E-state index in [1.807, 2.05) is 6.07 Å². The van der Waals surface area contributed by atoms with Gasteiger partial charge in [0, 0.05) is 30.5 Å². The molecule has 5 rings (SSSR count). The van der Waals surface area contributed by atoms with E-state index in [1.54, 1.807) is 7.11 Å². The largest absolute Gasteiger partial charge is 0.497 e. The van der Waals surface area contributed by atoms with E-state index < -0.39 is 11.0 Å². The van der Waals surface area contributed by atoms with Gasteiger partial charge in [0.05, 0.1) is 12.7 Å². The SMILES string of the molecule is CCC1C[C@@]2(O)[C@H]3Cc4ccc(OC)cc4[C@@]2(CCN3CC2CC2)CC(=O)N1. The number of hydrogen-bond acceptors (Lipinski definition) is 4. The third-order valence-electron chi connectivity index (χ3n) is 7.96. The summed E-state index contributed by atoms with van der Waals surface area (Å²) in [4.78, 5) is 15.5. The number of likely N-dealkylation sites (tertiary alicyclic amines) is 1. The summed E-state index contributed by atoms with van der Waals surface area (Å²) in [6.07, 6.45) is 6.18. The first-order valence-electron chi connectivity index (χ1n) is 10.9. The Hall–Kier alpha value is -1.59. The number of aliphatic hydroxyl groups is 1. The highest BCUT2D eigenvalue weighted by molar-refractivity contribution is 5.79. The van der Waals surface area contributed by atoms with Crippen molar-refractivity contribution in [3.63, 3.8) is 0 Å². The molecule has 2 aliphatic carbocycles. The number of fused-ring (bicyclic) bond motifs is 1. The van der Waals surface area contributed by atoms with Gasteiger partial charge >= 0.3 is 0 Å². The van der Waals surface area contributed by atoms with Crippen molar-refractivity contribution in [2.45, 2.75) is 75.0 Å². The number of carbonyl (C=O) groups is 1. The van der Waals surface area contributed by atoms with E-state index >= 15 is 0 Å². The first-order valence-corrected chi connectivity index (χ1v) is 10.9. The number of nitrogens with zero attached hydrogens (tertiary/aromatic N) is 1. The van der Waals surface area contributed by atoms with Crippen molar-refractivity contribution in [2.24, 2.45) is 5.92 Å². The Morgan fingerprint density at radius 2 is 2.18 bits per heavy atom. The van der Waals surface area contributed by atoms with Gasteiger partial charge in [-0.05, 0) is 74.2 Å². The maximum Gasteiger partial charge on any atom is 0.221 e. The summed E-state index contributed by atoms with van der Waals surface area (Å²) < 4.78 is 5.52. The number of rotatable bonds is 4. The second kappa shape index (κ2) is 6.46. The number of hydrogen-bond donors (Lipinski definition) is 2. The molecule has 2 N–H and O–H groups in total. The Morgan fingerprint density at radius 1 is 1.36 bits per heavy atom. The van der Waals surface area contributed by atoms with Crippen LogP contribution in [-0.4, -0.2) is 53.8 Å². The summed E-state index contributed by atoms with van der Waals surface area (Å²) >= 11 is 0.